The Bertz CT molecular complexity index is 847. The van der Waals surface area contributed by atoms with Crippen LogP contribution in [0.5, 0.6) is 0 Å². The van der Waals surface area contributed by atoms with Gasteiger partial charge in [0.05, 0.1) is 30.1 Å². The normalized spacial score (nSPS) is 18.4. The van der Waals surface area contributed by atoms with Crippen LogP contribution in [0.3, 0.4) is 0 Å². The lowest BCUT2D eigenvalue weighted by atomic mass is 10.2. The second-order valence-electron chi connectivity index (χ2n) is 7.48. The average molecular weight is 541 g/mol. The number of carbonyl (C=O) groups is 2. The van der Waals surface area contributed by atoms with Crippen LogP contribution in [0.15, 0.2) is 5.16 Å². The molecule has 1 saturated carbocycles. The molecule has 202 valence electrons. The third kappa shape index (κ3) is 11.3. The van der Waals surface area contributed by atoms with Crippen LogP contribution in [0.1, 0.15) is 24.7 Å². The molecule has 1 aliphatic carbocycles. The Balaban J connectivity index is 0.000000362. The number of ether oxygens (including phenoxy) is 1. The Morgan fingerprint density at radius 1 is 1.09 bits per heavy atom. The van der Waals surface area contributed by atoms with Gasteiger partial charge >= 0.3 is 24.3 Å². The second kappa shape index (κ2) is 13.1. The predicted molar refractivity (Wildman–Crippen MR) is 107 cm³/mol. The monoisotopic (exact) mass is 541 g/mol. The number of rotatable bonds is 6. The highest BCUT2D eigenvalue weighted by atomic mass is 32.2. The molecule has 0 amide bonds. The number of hydrogen-bond acceptors (Lipinski definition) is 8. The van der Waals surface area contributed by atoms with E-state index in [9.17, 15) is 30.6 Å². The van der Waals surface area contributed by atoms with Gasteiger partial charge in [0.25, 0.3) is 0 Å². The Morgan fingerprint density at radius 3 is 1.94 bits per heavy atom. The molecule has 18 heteroatoms. The van der Waals surface area contributed by atoms with Crippen LogP contribution in [0.4, 0.5) is 26.3 Å². The lowest BCUT2D eigenvalue weighted by molar-refractivity contribution is -0.193. The SMILES string of the molecule is Cn1c([C@@H](N)CN2CCOCC2)nnc1S(=O)CC1CC1.O=C(O)C(F)(F)F.O=C(O)C(F)(F)F. The summed E-state index contributed by atoms with van der Waals surface area (Å²) in [5.41, 5.74) is 6.25. The number of alkyl halides is 6. The number of morpholine rings is 1. The van der Waals surface area contributed by atoms with E-state index in [-0.39, 0.29) is 6.04 Å². The van der Waals surface area contributed by atoms with Gasteiger partial charge in [0, 0.05) is 32.4 Å². The van der Waals surface area contributed by atoms with Gasteiger partial charge in [-0.1, -0.05) is 0 Å². The first-order valence-corrected chi connectivity index (χ1v) is 11.3. The number of nitrogens with zero attached hydrogens (tertiary/aromatic N) is 4. The van der Waals surface area contributed by atoms with Gasteiger partial charge in [0.1, 0.15) is 0 Å². The molecule has 2 fully saturated rings. The van der Waals surface area contributed by atoms with E-state index in [1.165, 1.54) is 12.8 Å². The maximum absolute atomic E-state index is 12.3. The molecule has 4 N–H and O–H groups in total. The summed E-state index contributed by atoms with van der Waals surface area (Å²) >= 11 is 0. The minimum atomic E-state index is -5.08. The van der Waals surface area contributed by atoms with Crippen molar-refractivity contribution in [3.05, 3.63) is 5.82 Å². The van der Waals surface area contributed by atoms with Crippen molar-refractivity contribution in [2.75, 3.05) is 38.6 Å². The topological polar surface area (TPSA) is 161 Å². The molecule has 2 heterocycles. The number of carboxylic acids is 2. The molecule has 2 atom stereocenters. The predicted octanol–water partition coefficient (Wildman–Crippen LogP) is 0.931. The zero-order valence-corrected chi connectivity index (χ0v) is 19.2. The molecule has 1 aromatic rings. The molecule has 1 unspecified atom stereocenters. The number of hydrogen-bond donors (Lipinski definition) is 3. The van der Waals surface area contributed by atoms with Crippen molar-refractivity contribution in [2.45, 2.75) is 36.4 Å². The van der Waals surface area contributed by atoms with Gasteiger partial charge in [-0.25, -0.2) is 9.59 Å². The van der Waals surface area contributed by atoms with Crippen molar-refractivity contribution in [2.24, 2.45) is 18.7 Å². The van der Waals surface area contributed by atoms with E-state index in [1.807, 2.05) is 11.6 Å². The Hall–Kier alpha value is -2.31. The van der Waals surface area contributed by atoms with E-state index in [0.29, 0.717) is 22.7 Å². The van der Waals surface area contributed by atoms with E-state index in [0.717, 1.165) is 32.8 Å². The van der Waals surface area contributed by atoms with Crippen molar-refractivity contribution >= 4 is 22.7 Å². The largest absolute Gasteiger partial charge is 0.490 e. The molecule has 35 heavy (non-hydrogen) atoms. The zero-order chi connectivity index (χ0) is 27.0. The minimum absolute atomic E-state index is 0.215. The standard InChI is InChI=1S/C13H23N5O2S.2C2HF3O2/c1-17-12(11(14)8-18-4-6-20-7-5-18)15-16-13(17)21(19)9-10-2-3-10;2*3-2(4,5)1(6)7/h10-11H,2-9,14H2,1H3;2*(H,6,7)/t11-,21?;;/m0../s1. The molecule has 1 saturated heterocycles. The van der Waals surface area contributed by atoms with Crippen molar-refractivity contribution in [1.29, 1.82) is 0 Å². The van der Waals surface area contributed by atoms with Gasteiger partial charge in [0.15, 0.2) is 5.82 Å². The minimum Gasteiger partial charge on any atom is -0.475 e. The van der Waals surface area contributed by atoms with Crippen molar-refractivity contribution < 1.29 is 55.1 Å². The molecule has 3 rings (SSSR count). The third-order valence-electron chi connectivity index (χ3n) is 4.53. The summed E-state index contributed by atoms with van der Waals surface area (Å²) in [6.45, 7) is 4.02. The second-order valence-corrected chi connectivity index (χ2v) is 8.87. The van der Waals surface area contributed by atoms with Crippen molar-refractivity contribution in [3.8, 4) is 0 Å². The zero-order valence-electron chi connectivity index (χ0n) is 18.4. The van der Waals surface area contributed by atoms with Crippen LogP contribution in [0, 0.1) is 5.92 Å². The Labute approximate surface area is 197 Å². The van der Waals surface area contributed by atoms with Crippen LogP contribution in [0.2, 0.25) is 0 Å². The number of halogens is 6. The van der Waals surface area contributed by atoms with Gasteiger partial charge < -0.3 is 25.3 Å². The quantitative estimate of drug-likeness (QED) is 0.442. The van der Waals surface area contributed by atoms with Crippen LogP contribution < -0.4 is 5.73 Å². The fourth-order valence-electron chi connectivity index (χ4n) is 2.56. The van der Waals surface area contributed by atoms with Crippen molar-refractivity contribution in [1.82, 2.24) is 19.7 Å². The molecule has 0 aromatic carbocycles. The maximum Gasteiger partial charge on any atom is 0.490 e. The van der Waals surface area contributed by atoms with Crippen LogP contribution in [-0.2, 0) is 32.2 Å². The average Bonchev–Trinajstić information content (AvgIpc) is 3.46. The van der Waals surface area contributed by atoms with E-state index in [1.54, 1.807) is 0 Å². The van der Waals surface area contributed by atoms with E-state index in [4.69, 9.17) is 30.3 Å². The summed E-state index contributed by atoms with van der Waals surface area (Å²) in [7, 11) is 0.791. The molecule has 1 aromatic heterocycles. The fraction of sp³-hybridized carbons (Fsp3) is 0.765. The third-order valence-corrected chi connectivity index (χ3v) is 6.07. The fourth-order valence-corrected chi connectivity index (χ4v) is 4.01. The summed E-state index contributed by atoms with van der Waals surface area (Å²) in [6.07, 6.45) is -7.79. The molecule has 1 aliphatic heterocycles. The Morgan fingerprint density at radius 2 is 1.54 bits per heavy atom. The van der Waals surface area contributed by atoms with E-state index in [2.05, 4.69) is 15.1 Å². The summed E-state index contributed by atoms with van der Waals surface area (Å²) < 4.78 is 82.9. The lowest BCUT2D eigenvalue weighted by Crippen LogP contribution is -2.41. The molecular formula is C17H25F6N5O6S. The highest BCUT2D eigenvalue weighted by Gasteiger charge is 2.38. The number of aromatic nitrogens is 3. The molecule has 0 spiro atoms. The summed E-state index contributed by atoms with van der Waals surface area (Å²) in [5, 5.41) is 23.1. The highest BCUT2D eigenvalue weighted by molar-refractivity contribution is 7.84. The summed E-state index contributed by atoms with van der Waals surface area (Å²) in [5.74, 6) is -3.50. The molecular weight excluding hydrogens is 516 g/mol. The van der Waals surface area contributed by atoms with Gasteiger partial charge in [0.2, 0.25) is 5.16 Å². The molecule has 0 radical (unpaired) electrons. The first-order chi connectivity index (χ1) is 16.0. The van der Waals surface area contributed by atoms with Gasteiger partial charge in [-0.3, -0.25) is 9.11 Å². The number of nitrogens with two attached hydrogens (primary N) is 1. The highest BCUT2D eigenvalue weighted by Crippen LogP contribution is 2.30. The smallest absolute Gasteiger partial charge is 0.475 e. The number of aliphatic carboxylic acids is 2. The summed E-state index contributed by atoms with van der Waals surface area (Å²) in [6, 6.07) is -0.215. The van der Waals surface area contributed by atoms with Crippen molar-refractivity contribution in [3.63, 3.8) is 0 Å². The van der Waals surface area contributed by atoms with E-state index < -0.39 is 35.1 Å². The van der Waals surface area contributed by atoms with Gasteiger partial charge in [-0.15, -0.1) is 10.2 Å². The van der Waals surface area contributed by atoms with E-state index >= 15 is 0 Å². The Kier molecular flexibility index (Phi) is 11.5. The van der Waals surface area contributed by atoms with Gasteiger partial charge in [-0.05, 0) is 18.8 Å². The summed E-state index contributed by atoms with van der Waals surface area (Å²) in [4.78, 5) is 20.1. The van der Waals surface area contributed by atoms with Gasteiger partial charge in [-0.2, -0.15) is 26.3 Å². The first kappa shape index (κ1) is 30.7. The lowest BCUT2D eigenvalue weighted by Gasteiger charge is -2.28. The van der Waals surface area contributed by atoms with Crippen LogP contribution in [0.25, 0.3) is 0 Å². The van der Waals surface area contributed by atoms with Crippen LogP contribution >= 0.6 is 0 Å². The first-order valence-electron chi connectivity index (χ1n) is 9.97. The molecule has 0 bridgehead atoms. The molecule has 2 aliphatic rings. The number of carboxylic acid groups (broad SMARTS) is 2. The maximum atomic E-state index is 12.3. The van der Waals surface area contributed by atoms with Crippen LogP contribution in [-0.4, -0.2) is 97.0 Å². The molecule has 11 nitrogen and oxygen atoms in total.